The highest BCUT2D eigenvalue weighted by Gasteiger charge is 2.34. The number of hydrogen-bond acceptors (Lipinski definition) is 16. The molecule has 4 heterocycles. The molecule has 4 fully saturated rings. The Balaban J connectivity index is 0.977. The molecule has 0 spiro atoms. The van der Waals surface area contributed by atoms with Crippen LogP contribution in [0.2, 0.25) is 0 Å². The first-order valence-electron chi connectivity index (χ1n) is 28.3. The molecular formula is C61H84O16. The molecule has 8 atom stereocenters. The average molecular weight is 1070 g/mol. The van der Waals surface area contributed by atoms with Gasteiger partial charge in [0.2, 0.25) is 0 Å². The van der Waals surface area contributed by atoms with Crippen molar-refractivity contribution in [3.05, 3.63) is 119 Å². The van der Waals surface area contributed by atoms with Crippen molar-refractivity contribution in [3.8, 4) is 23.0 Å². The minimum absolute atomic E-state index is 0.0190. The first-order chi connectivity index (χ1) is 37.9. The molecule has 4 aliphatic rings. The second kappa shape index (κ2) is 32.0. The van der Waals surface area contributed by atoms with Crippen molar-refractivity contribution in [2.24, 2.45) is 5.41 Å². The standard InChI is InChI=1S/C61H84O16/c62-29-5-1-17-53-41-70-57(74-53)45-13-9-21-49(37-45)66-33-25-61(26-34-67-50-22-10-14-46(38-50)58-71-42-54(75-58)18-2-6-30-63,27-35-68-51-23-11-15-47(39-51)59-72-43-55(76-59)19-3-7-31-64)28-36-69-52-24-12-16-48(40-52)60-73-44-56(77-60)20-4-8-32-65/h9-16,21-24,37-40,53-60,62-65H,1-8,17-20,25-36,41-44H2. The van der Waals surface area contributed by atoms with E-state index in [1.165, 1.54) is 0 Å². The second-order valence-electron chi connectivity index (χ2n) is 20.8. The molecule has 16 nitrogen and oxygen atoms in total. The van der Waals surface area contributed by atoms with Crippen molar-refractivity contribution in [1.29, 1.82) is 0 Å². The fourth-order valence-electron chi connectivity index (χ4n) is 10.3. The van der Waals surface area contributed by atoms with Crippen LogP contribution in [0.1, 0.15) is 150 Å². The molecule has 16 heteroatoms. The van der Waals surface area contributed by atoms with E-state index in [0.717, 1.165) is 99.3 Å². The number of rotatable bonds is 36. The average Bonchev–Trinajstić information content (AvgIpc) is 4.31. The van der Waals surface area contributed by atoms with E-state index in [1.54, 1.807) is 0 Å². The van der Waals surface area contributed by atoms with Crippen molar-refractivity contribution in [2.75, 3.05) is 79.3 Å². The highest BCUT2D eigenvalue weighted by atomic mass is 16.7. The summed E-state index contributed by atoms with van der Waals surface area (Å²) in [5, 5.41) is 37.1. The molecule has 424 valence electrons. The predicted octanol–water partition coefficient (Wildman–Crippen LogP) is 10.2. The van der Waals surface area contributed by atoms with Crippen molar-refractivity contribution < 1.29 is 77.3 Å². The van der Waals surface area contributed by atoms with Crippen LogP contribution in [0.15, 0.2) is 97.1 Å². The Morgan fingerprint density at radius 3 is 0.831 bits per heavy atom. The third-order valence-electron chi connectivity index (χ3n) is 14.9. The minimum atomic E-state index is -0.487. The summed E-state index contributed by atoms with van der Waals surface area (Å²) in [6, 6.07) is 31.6. The van der Waals surface area contributed by atoms with Crippen LogP contribution in [0.4, 0.5) is 0 Å². The molecular weight excluding hydrogens is 989 g/mol. The number of hydrogen-bond donors (Lipinski definition) is 4. The Kier molecular flexibility index (Phi) is 24.4. The van der Waals surface area contributed by atoms with Crippen molar-refractivity contribution in [3.63, 3.8) is 0 Å². The van der Waals surface area contributed by atoms with Crippen LogP contribution in [-0.2, 0) is 37.9 Å². The van der Waals surface area contributed by atoms with Gasteiger partial charge < -0.3 is 77.3 Å². The first-order valence-corrected chi connectivity index (χ1v) is 28.3. The summed E-state index contributed by atoms with van der Waals surface area (Å²) in [5.74, 6) is 2.86. The van der Waals surface area contributed by atoms with E-state index in [9.17, 15) is 20.4 Å². The topological polar surface area (TPSA) is 192 Å². The van der Waals surface area contributed by atoms with E-state index < -0.39 is 30.6 Å². The molecule has 0 amide bonds. The lowest BCUT2D eigenvalue weighted by molar-refractivity contribution is -0.0618. The smallest absolute Gasteiger partial charge is 0.184 e. The largest absolute Gasteiger partial charge is 0.494 e. The summed E-state index contributed by atoms with van der Waals surface area (Å²) in [6.07, 6.45) is 10.4. The SMILES string of the molecule is OCCCCC1COC(c2cccc(OCCC(CCOc3cccc(C4OCC(CCCCO)O4)c3)(CCOc3cccc(C4OCC(CCCCO)O4)c3)CCOc3cccc(C4OCC(CCCCO)O4)c3)c2)O1. The van der Waals surface area contributed by atoms with Crippen LogP contribution in [-0.4, -0.2) is 124 Å². The third kappa shape index (κ3) is 18.9. The first kappa shape index (κ1) is 58.7. The highest BCUT2D eigenvalue weighted by Crippen LogP contribution is 2.39. The molecule has 4 aromatic rings. The number of unbranched alkanes of at least 4 members (excludes halogenated alkanes) is 4. The van der Waals surface area contributed by atoms with Gasteiger partial charge in [-0.15, -0.1) is 0 Å². The predicted molar refractivity (Wildman–Crippen MR) is 287 cm³/mol. The summed E-state index contributed by atoms with van der Waals surface area (Å²) in [5.41, 5.74) is 3.16. The number of ether oxygens (including phenoxy) is 12. The molecule has 0 aliphatic carbocycles. The number of aliphatic hydroxyl groups is 4. The van der Waals surface area contributed by atoms with Gasteiger partial charge in [0.05, 0.1) is 77.3 Å². The molecule has 8 unspecified atom stereocenters. The van der Waals surface area contributed by atoms with Crippen molar-refractivity contribution in [1.82, 2.24) is 0 Å². The van der Waals surface area contributed by atoms with Gasteiger partial charge in [0.25, 0.3) is 0 Å². The van der Waals surface area contributed by atoms with Crippen LogP contribution in [0.3, 0.4) is 0 Å². The summed E-state index contributed by atoms with van der Waals surface area (Å²) >= 11 is 0. The van der Waals surface area contributed by atoms with E-state index in [4.69, 9.17) is 56.8 Å². The van der Waals surface area contributed by atoms with Crippen LogP contribution < -0.4 is 18.9 Å². The van der Waals surface area contributed by atoms with E-state index in [2.05, 4.69) is 0 Å². The zero-order valence-corrected chi connectivity index (χ0v) is 44.8. The molecule has 77 heavy (non-hydrogen) atoms. The Labute approximate surface area is 455 Å². The van der Waals surface area contributed by atoms with Gasteiger partial charge >= 0.3 is 0 Å². The summed E-state index contributed by atoms with van der Waals surface area (Å²) in [7, 11) is 0. The fraction of sp³-hybridized carbons (Fsp3) is 0.607. The fourth-order valence-corrected chi connectivity index (χ4v) is 10.3. The van der Waals surface area contributed by atoms with Crippen molar-refractivity contribution >= 4 is 0 Å². The molecule has 0 saturated carbocycles. The van der Waals surface area contributed by atoms with Gasteiger partial charge in [0, 0.05) is 48.7 Å². The summed E-state index contributed by atoms with van der Waals surface area (Å²) < 4.78 is 75.8. The van der Waals surface area contributed by atoms with Gasteiger partial charge in [0.15, 0.2) is 25.2 Å². The van der Waals surface area contributed by atoms with Crippen LogP contribution in [0.25, 0.3) is 0 Å². The van der Waals surface area contributed by atoms with Gasteiger partial charge in [-0.1, -0.05) is 48.5 Å². The number of benzene rings is 4. The molecule has 4 N–H and O–H groups in total. The zero-order chi connectivity index (χ0) is 53.3. The van der Waals surface area contributed by atoms with E-state index in [-0.39, 0.29) is 50.8 Å². The molecule has 0 radical (unpaired) electrons. The maximum Gasteiger partial charge on any atom is 0.184 e. The van der Waals surface area contributed by atoms with E-state index in [1.807, 2.05) is 97.1 Å². The van der Waals surface area contributed by atoms with E-state index in [0.29, 0.717) is 102 Å². The summed E-state index contributed by atoms with van der Waals surface area (Å²) in [6.45, 7) is 4.32. The Bertz CT molecular complexity index is 1970. The highest BCUT2D eigenvalue weighted by molar-refractivity contribution is 5.32. The van der Waals surface area contributed by atoms with E-state index >= 15 is 0 Å². The Hall–Kier alpha value is -4.40. The van der Waals surface area contributed by atoms with Crippen LogP contribution in [0, 0.1) is 5.41 Å². The van der Waals surface area contributed by atoms with Gasteiger partial charge in [-0.3, -0.25) is 0 Å². The molecule has 4 saturated heterocycles. The summed E-state index contributed by atoms with van der Waals surface area (Å²) in [4.78, 5) is 0. The monoisotopic (exact) mass is 1070 g/mol. The zero-order valence-electron chi connectivity index (χ0n) is 44.8. The lowest BCUT2D eigenvalue weighted by Crippen LogP contribution is -2.30. The van der Waals surface area contributed by atoms with Gasteiger partial charge in [-0.25, -0.2) is 0 Å². The second-order valence-corrected chi connectivity index (χ2v) is 20.8. The minimum Gasteiger partial charge on any atom is -0.494 e. The van der Waals surface area contributed by atoms with Crippen molar-refractivity contribution in [2.45, 2.75) is 152 Å². The van der Waals surface area contributed by atoms with Gasteiger partial charge in [-0.05, 0) is 157 Å². The Morgan fingerprint density at radius 1 is 0.351 bits per heavy atom. The molecule has 0 aromatic heterocycles. The molecule has 0 bridgehead atoms. The lowest BCUT2D eigenvalue weighted by atomic mass is 9.76. The maximum absolute atomic E-state index is 9.27. The van der Waals surface area contributed by atoms with Crippen LogP contribution in [0.5, 0.6) is 23.0 Å². The van der Waals surface area contributed by atoms with Gasteiger partial charge in [-0.2, -0.15) is 0 Å². The molecule has 8 rings (SSSR count). The third-order valence-corrected chi connectivity index (χ3v) is 14.9. The normalized spacial score (nSPS) is 24.1. The van der Waals surface area contributed by atoms with Gasteiger partial charge in [0.1, 0.15) is 23.0 Å². The van der Waals surface area contributed by atoms with Crippen LogP contribution >= 0.6 is 0 Å². The Morgan fingerprint density at radius 2 is 0.597 bits per heavy atom. The lowest BCUT2D eigenvalue weighted by Gasteiger charge is -2.34. The molecule has 4 aliphatic heterocycles. The quantitative estimate of drug-likeness (QED) is 0.0314. The maximum atomic E-state index is 9.27. The molecule has 4 aromatic carbocycles. The number of aliphatic hydroxyl groups excluding tert-OH is 4.